The second-order valence-corrected chi connectivity index (χ2v) is 6.17. The van der Waals surface area contributed by atoms with Crippen molar-refractivity contribution in [2.24, 2.45) is 11.8 Å². The molecule has 134 valence electrons. The van der Waals surface area contributed by atoms with Crippen LogP contribution in [0.4, 0.5) is 0 Å². The molecule has 0 spiro atoms. The molecule has 3 nitrogen and oxygen atoms in total. The Morgan fingerprint density at radius 3 is 2.52 bits per heavy atom. The van der Waals surface area contributed by atoms with Gasteiger partial charge >= 0.3 is 0 Å². The third-order valence-corrected chi connectivity index (χ3v) is 3.53. The zero-order valence-corrected chi connectivity index (χ0v) is 15.7. The maximum Gasteiger partial charge on any atom is 0.226 e. The number of hydrogen-bond acceptors (Lipinski definition) is 2. The lowest BCUT2D eigenvalue weighted by molar-refractivity contribution is -0.123. The van der Waals surface area contributed by atoms with E-state index in [1.807, 2.05) is 82.3 Å². The van der Waals surface area contributed by atoms with Crippen molar-refractivity contribution in [3.63, 3.8) is 0 Å². The van der Waals surface area contributed by atoms with Crippen LogP contribution in [-0.2, 0) is 9.53 Å². The van der Waals surface area contributed by atoms with Crippen molar-refractivity contribution >= 4 is 11.7 Å². The fourth-order valence-electron chi connectivity index (χ4n) is 2.05. The zero-order valence-electron chi connectivity index (χ0n) is 15.7. The molecule has 1 unspecified atom stereocenters. The van der Waals surface area contributed by atoms with E-state index in [9.17, 15) is 4.79 Å². The number of carbonyl (C=O) groups excluding carboxylic acids is 1. The molecule has 0 saturated heterocycles. The largest absolute Gasteiger partial charge is 0.493 e. The Labute approximate surface area is 151 Å². The summed E-state index contributed by atoms with van der Waals surface area (Å²) in [6.45, 7) is 12.1. The maximum atomic E-state index is 11.6. The summed E-state index contributed by atoms with van der Waals surface area (Å²) in [5, 5.41) is 2.86. The molecule has 1 amide bonds. The number of benzene rings is 1. The summed E-state index contributed by atoms with van der Waals surface area (Å²) in [5.41, 5.74) is 1.81. The minimum Gasteiger partial charge on any atom is -0.493 e. The first-order valence-corrected chi connectivity index (χ1v) is 8.60. The first-order chi connectivity index (χ1) is 11.9. The lowest BCUT2D eigenvalue weighted by atomic mass is 10.1. The summed E-state index contributed by atoms with van der Waals surface area (Å²) < 4.78 is 5.81. The lowest BCUT2D eigenvalue weighted by Gasteiger charge is -2.13. The number of allylic oxidation sites excluding steroid dienone is 4. The van der Waals surface area contributed by atoms with E-state index >= 15 is 0 Å². The van der Waals surface area contributed by atoms with Crippen molar-refractivity contribution in [3.05, 3.63) is 78.6 Å². The SMILES string of the molecule is C=C(OCC(C=C/C=C(\C)NC(=O)C(C)C)/C=C\C)c1ccccc1. The van der Waals surface area contributed by atoms with E-state index in [2.05, 4.69) is 18.0 Å². The number of hydrogen-bond donors (Lipinski definition) is 1. The molecule has 1 aromatic carbocycles. The highest BCUT2D eigenvalue weighted by Gasteiger charge is 2.06. The van der Waals surface area contributed by atoms with E-state index in [0.29, 0.717) is 12.4 Å². The van der Waals surface area contributed by atoms with Crippen molar-refractivity contribution in [1.29, 1.82) is 0 Å². The first kappa shape index (κ1) is 20.5. The molecule has 1 rings (SSSR count). The average Bonchev–Trinajstić information content (AvgIpc) is 2.59. The Bertz CT molecular complexity index is 639. The van der Waals surface area contributed by atoms with Crippen LogP contribution in [0.3, 0.4) is 0 Å². The smallest absolute Gasteiger partial charge is 0.226 e. The first-order valence-electron chi connectivity index (χ1n) is 8.60. The number of amides is 1. The second kappa shape index (κ2) is 11.1. The van der Waals surface area contributed by atoms with Crippen LogP contribution in [0.15, 0.2) is 73.0 Å². The van der Waals surface area contributed by atoms with Crippen LogP contribution < -0.4 is 5.32 Å². The molecule has 25 heavy (non-hydrogen) atoms. The number of rotatable bonds is 9. The third kappa shape index (κ3) is 8.20. The Balaban J connectivity index is 2.59. The highest BCUT2D eigenvalue weighted by atomic mass is 16.5. The van der Waals surface area contributed by atoms with Gasteiger partial charge in [0.2, 0.25) is 5.91 Å². The van der Waals surface area contributed by atoms with Crippen LogP contribution in [0.1, 0.15) is 33.3 Å². The van der Waals surface area contributed by atoms with Gasteiger partial charge in [0.15, 0.2) is 0 Å². The minimum absolute atomic E-state index is 0.0228. The Kier molecular flexibility index (Phi) is 9.09. The van der Waals surface area contributed by atoms with Crippen LogP contribution in [0.5, 0.6) is 0 Å². The summed E-state index contributed by atoms with van der Waals surface area (Å²) in [6, 6.07) is 9.85. The van der Waals surface area contributed by atoms with Crippen molar-refractivity contribution in [1.82, 2.24) is 5.32 Å². The predicted octanol–water partition coefficient (Wildman–Crippen LogP) is 5.10. The molecule has 0 bridgehead atoms. The molecule has 0 saturated carbocycles. The number of nitrogens with one attached hydrogen (secondary N) is 1. The standard InChI is InChI=1S/C22H29NO2/c1-6-11-20(13-10-12-18(4)23-22(24)17(2)3)16-25-19(5)21-14-8-7-9-15-21/h6-15,17,20H,5,16H2,1-4H3,(H,23,24)/b11-6-,13-10?,18-12+. The topological polar surface area (TPSA) is 38.3 Å². The molecule has 0 aliphatic carbocycles. The van der Waals surface area contributed by atoms with Crippen molar-refractivity contribution < 1.29 is 9.53 Å². The Hall–Kier alpha value is -2.55. The molecule has 0 aliphatic heterocycles. The molecular weight excluding hydrogens is 310 g/mol. The molecule has 1 aromatic rings. The maximum absolute atomic E-state index is 11.6. The van der Waals surface area contributed by atoms with Gasteiger partial charge in [-0.3, -0.25) is 4.79 Å². The van der Waals surface area contributed by atoms with Crippen LogP contribution in [0, 0.1) is 11.8 Å². The molecule has 0 aliphatic rings. The minimum atomic E-state index is -0.0273. The van der Waals surface area contributed by atoms with Crippen LogP contribution in [0.2, 0.25) is 0 Å². The third-order valence-electron chi connectivity index (χ3n) is 3.53. The Morgan fingerprint density at radius 2 is 1.92 bits per heavy atom. The average molecular weight is 339 g/mol. The van der Waals surface area contributed by atoms with E-state index < -0.39 is 0 Å². The monoisotopic (exact) mass is 339 g/mol. The summed E-state index contributed by atoms with van der Waals surface area (Å²) >= 11 is 0. The molecule has 3 heteroatoms. The van der Waals surface area contributed by atoms with E-state index in [4.69, 9.17) is 4.74 Å². The lowest BCUT2D eigenvalue weighted by Crippen LogP contribution is -2.25. The van der Waals surface area contributed by atoms with Crippen LogP contribution >= 0.6 is 0 Å². The fourth-order valence-corrected chi connectivity index (χ4v) is 2.05. The molecular formula is C22H29NO2. The Morgan fingerprint density at radius 1 is 1.24 bits per heavy atom. The van der Waals surface area contributed by atoms with Gasteiger partial charge in [-0.1, -0.05) is 75.1 Å². The second-order valence-electron chi connectivity index (χ2n) is 6.17. The molecule has 1 atom stereocenters. The highest BCUT2D eigenvalue weighted by molar-refractivity contribution is 5.79. The van der Waals surface area contributed by atoms with Gasteiger partial charge in [-0.2, -0.15) is 0 Å². The summed E-state index contributed by atoms with van der Waals surface area (Å²) in [4.78, 5) is 11.6. The van der Waals surface area contributed by atoms with E-state index in [1.165, 1.54) is 0 Å². The van der Waals surface area contributed by atoms with Gasteiger partial charge in [-0.05, 0) is 19.9 Å². The zero-order chi connectivity index (χ0) is 18.7. The van der Waals surface area contributed by atoms with Gasteiger partial charge in [0.25, 0.3) is 0 Å². The van der Waals surface area contributed by atoms with Crippen molar-refractivity contribution in [3.8, 4) is 0 Å². The normalized spacial score (nSPS) is 13.4. The summed E-state index contributed by atoms with van der Waals surface area (Å²) in [7, 11) is 0. The van der Waals surface area contributed by atoms with Gasteiger partial charge in [-0.15, -0.1) is 0 Å². The number of ether oxygens (including phenoxy) is 1. The molecule has 0 fully saturated rings. The summed E-state index contributed by atoms with van der Waals surface area (Å²) in [6.07, 6.45) is 9.95. The quantitative estimate of drug-likeness (QED) is 0.386. The van der Waals surface area contributed by atoms with E-state index in [1.54, 1.807) is 0 Å². The molecule has 1 N–H and O–H groups in total. The molecule has 0 aromatic heterocycles. The fraction of sp³-hybridized carbons (Fsp3) is 0.318. The van der Waals surface area contributed by atoms with Crippen molar-refractivity contribution in [2.75, 3.05) is 6.61 Å². The van der Waals surface area contributed by atoms with Gasteiger partial charge < -0.3 is 10.1 Å². The van der Waals surface area contributed by atoms with Gasteiger partial charge in [0.1, 0.15) is 5.76 Å². The van der Waals surface area contributed by atoms with Gasteiger partial charge in [-0.25, -0.2) is 0 Å². The van der Waals surface area contributed by atoms with E-state index in [-0.39, 0.29) is 17.7 Å². The molecule has 0 heterocycles. The highest BCUT2D eigenvalue weighted by Crippen LogP contribution is 2.15. The summed E-state index contributed by atoms with van der Waals surface area (Å²) in [5.74, 6) is 0.796. The van der Waals surface area contributed by atoms with Crippen LogP contribution in [-0.4, -0.2) is 12.5 Å². The number of carbonyl (C=O) groups is 1. The van der Waals surface area contributed by atoms with Crippen LogP contribution in [0.25, 0.3) is 5.76 Å². The van der Waals surface area contributed by atoms with Gasteiger partial charge in [0, 0.05) is 23.1 Å². The van der Waals surface area contributed by atoms with E-state index in [0.717, 1.165) is 11.3 Å². The molecule has 0 radical (unpaired) electrons. The van der Waals surface area contributed by atoms with Gasteiger partial charge in [0.05, 0.1) is 6.61 Å². The predicted molar refractivity (Wildman–Crippen MR) is 106 cm³/mol. The van der Waals surface area contributed by atoms with Crippen molar-refractivity contribution in [2.45, 2.75) is 27.7 Å².